The summed E-state index contributed by atoms with van der Waals surface area (Å²) in [6.45, 7) is 2.39. The largest absolute Gasteiger partial charge is 0.495 e. The number of amides is 2. The predicted molar refractivity (Wildman–Crippen MR) is 106 cm³/mol. The maximum Gasteiger partial charge on any atom is 0.319 e. The van der Waals surface area contributed by atoms with E-state index in [9.17, 15) is 4.79 Å². The minimum Gasteiger partial charge on any atom is -0.495 e. The lowest BCUT2D eigenvalue weighted by atomic mass is 10.1. The first-order chi connectivity index (χ1) is 12.5. The minimum absolute atomic E-state index is 0.283. The van der Waals surface area contributed by atoms with E-state index in [1.165, 1.54) is 0 Å². The van der Waals surface area contributed by atoms with Crippen molar-refractivity contribution in [3.63, 3.8) is 0 Å². The van der Waals surface area contributed by atoms with E-state index < -0.39 is 0 Å². The summed E-state index contributed by atoms with van der Waals surface area (Å²) in [5.41, 5.74) is 2.60. The van der Waals surface area contributed by atoms with E-state index in [1.54, 1.807) is 21.3 Å². The van der Waals surface area contributed by atoms with Gasteiger partial charge in [-0.2, -0.15) is 0 Å². The van der Waals surface area contributed by atoms with E-state index >= 15 is 0 Å². The lowest BCUT2D eigenvalue weighted by Gasteiger charge is -2.14. The van der Waals surface area contributed by atoms with Gasteiger partial charge in [-0.15, -0.1) is 0 Å². The first kappa shape index (κ1) is 19.9. The van der Waals surface area contributed by atoms with Crippen molar-refractivity contribution in [1.82, 2.24) is 5.32 Å². The van der Waals surface area contributed by atoms with Crippen molar-refractivity contribution in [3.05, 3.63) is 45.9 Å². The Bertz CT molecular complexity index is 780. The third-order valence-corrected chi connectivity index (χ3v) is 4.33. The Morgan fingerprint density at radius 3 is 2.35 bits per heavy atom. The van der Waals surface area contributed by atoms with Crippen molar-refractivity contribution in [2.24, 2.45) is 0 Å². The van der Waals surface area contributed by atoms with Crippen LogP contribution in [-0.4, -0.2) is 33.9 Å². The van der Waals surface area contributed by atoms with E-state index in [0.29, 0.717) is 35.9 Å². The van der Waals surface area contributed by atoms with E-state index in [4.69, 9.17) is 14.2 Å². The molecule has 0 aliphatic carbocycles. The van der Waals surface area contributed by atoms with Gasteiger partial charge in [0.25, 0.3) is 0 Å². The van der Waals surface area contributed by atoms with Crippen molar-refractivity contribution < 1.29 is 19.0 Å². The summed E-state index contributed by atoms with van der Waals surface area (Å²) in [6.07, 6.45) is 0.671. The highest BCUT2D eigenvalue weighted by Gasteiger charge is 2.11. The van der Waals surface area contributed by atoms with Gasteiger partial charge in [-0.3, -0.25) is 0 Å². The molecule has 0 spiro atoms. The topological polar surface area (TPSA) is 68.8 Å². The van der Waals surface area contributed by atoms with Gasteiger partial charge < -0.3 is 24.8 Å². The monoisotopic (exact) mass is 422 g/mol. The van der Waals surface area contributed by atoms with Gasteiger partial charge in [0.1, 0.15) is 5.75 Å². The molecular weight excluding hydrogens is 400 g/mol. The second-order valence-corrected chi connectivity index (χ2v) is 6.54. The van der Waals surface area contributed by atoms with Crippen LogP contribution in [0.25, 0.3) is 0 Å². The van der Waals surface area contributed by atoms with E-state index in [2.05, 4.69) is 26.6 Å². The van der Waals surface area contributed by atoms with Gasteiger partial charge in [-0.05, 0) is 48.7 Å². The normalized spacial score (nSPS) is 10.2. The van der Waals surface area contributed by atoms with Crippen molar-refractivity contribution in [1.29, 1.82) is 0 Å². The summed E-state index contributed by atoms with van der Waals surface area (Å²) >= 11 is 3.42. The molecule has 0 radical (unpaired) electrons. The molecule has 6 nitrogen and oxygen atoms in total. The number of carbonyl (C=O) groups is 1. The number of halogens is 1. The molecule has 0 aliphatic rings. The number of anilines is 1. The number of benzene rings is 2. The van der Waals surface area contributed by atoms with Gasteiger partial charge in [0.2, 0.25) is 0 Å². The number of aryl methyl sites for hydroxylation is 1. The summed E-state index contributed by atoms with van der Waals surface area (Å²) in [5.74, 6) is 1.95. The Balaban J connectivity index is 1.94. The molecule has 0 bridgehead atoms. The maximum absolute atomic E-state index is 12.2. The third-order valence-electron chi connectivity index (χ3n) is 3.87. The fraction of sp³-hybridized carbons (Fsp3) is 0.316. The Morgan fingerprint density at radius 2 is 1.69 bits per heavy atom. The molecule has 2 rings (SSSR count). The summed E-state index contributed by atoms with van der Waals surface area (Å²) in [7, 11) is 4.77. The molecule has 0 atom stereocenters. The Labute approximate surface area is 162 Å². The summed E-state index contributed by atoms with van der Waals surface area (Å²) in [6, 6.07) is 9.15. The van der Waals surface area contributed by atoms with Crippen LogP contribution < -0.4 is 24.8 Å². The predicted octanol–water partition coefficient (Wildman–Crippen LogP) is 4.15. The molecule has 0 saturated heterocycles. The molecule has 2 aromatic carbocycles. The molecule has 7 heteroatoms. The zero-order valence-electron chi connectivity index (χ0n) is 15.3. The lowest BCUT2D eigenvalue weighted by molar-refractivity contribution is 0.252. The molecule has 0 unspecified atom stereocenters. The summed E-state index contributed by atoms with van der Waals surface area (Å²) in [4.78, 5) is 12.2. The molecule has 0 aliphatic heterocycles. The van der Waals surface area contributed by atoms with Gasteiger partial charge in [0, 0.05) is 11.0 Å². The molecular formula is C19H23BrN2O4. The average molecular weight is 423 g/mol. The van der Waals surface area contributed by atoms with Crippen LogP contribution in [0.4, 0.5) is 10.5 Å². The lowest BCUT2D eigenvalue weighted by Crippen LogP contribution is -2.30. The van der Waals surface area contributed by atoms with Crippen LogP contribution in [0.1, 0.15) is 11.1 Å². The second-order valence-electron chi connectivity index (χ2n) is 5.62. The van der Waals surface area contributed by atoms with Gasteiger partial charge >= 0.3 is 6.03 Å². The molecule has 0 saturated carbocycles. The molecule has 0 aromatic heterocycles. The quantitative estimate of drug-likeness (QED) is 0.702. The number of hydrogen-bond donors (Lipinski definition) is 2. The van der Waals surface area contributed by atoms with Crippen LogP contribution in [0.5, 0.6) is 17.2 Å². The molecule has 0 fully saturated rings. The van der Waals surface area contributed by atoms with Gasteiger partial charge in [0.15, 0.2) is 11.5 Å². The van der Waals surface area contributed by atoms with Crippen LogP contribution in [-0.2, 0) is 6.42 Å². The van der Waals surface area contributed by atoms with Gasteiger partial charge in [-0.1, -0.05) is 22.0 Å². The fourth-order valence-corrected chi connectivity index (χ4v) is 3.10. The van der Waals surface area contributed by atoms with Crippen LogP contribution in [0.15, 0.2) is 34.8 Å². The van der Waals surface area contributed by atoms with Crippen LogP contribution in [0.3, 0.4) is 0 Å². The number of rotatable bonds is 7. The fourth-order valence-electron chi connectivity index (χ4n) is 2.55. The van der Waals surface area contributed by atoms with E-state index in [-0.39, 0.29) is 6.03 Å². The highest BCUT2D eigenvalue weighted by molar-refractivity contribution is 9.10. The van der Waals surface area contributed by atoms with Crippen LogP contribution >= 0.6 is 15.9 Å². The van der Waals surface area contributed by atoms with Gasteiger partial charge in [0.05, 0.1) is 27.0 Å². The SMILES string of the molecule is COc1ccc(CCNC(=O)Nc2c(C)cc(Br)cc2OC)cc1OC. The van der Waals surface area contributed by atoms with Crippen molar-refractivity contribution in [2.75, 3.05) is 33.2 Å². The van der Waals surface area contributed by atoms with Crippen molar-refractivity contribution >= 4 is 27.6 Å². The van der Waals surface area contributed by atoms with Crippen LogP contribution in [0, 0.1) is 6.92 Å². The molecule has 2 amide bonds. The van der Waals surface area contributed by atoms with E-state index in [0.717, 1.165) is 15.6 Å². The first-order valence-corrected chi connectivity index (χ1v) is 8.87. The Kier molecular flexibility index (Phi) is 7.15. The van der Waals surface area contributed by atoms with Crippen LogP contribution in [0.2, 0.25) is 0 Å². The zero-order chi connectivity index (χ0) is 19.1. The number of carbonyl (C=O) groups excluding carboxylic acids is 1. The molecule has 26 heavy (non-hydrogen) atoms. The minimum atomic E-state index is -0.283. The van der Waals surface area contributed by atoms with Crippen molar-refractivity contribution in [3.8, 4) is 17.2 Å². The molecule has 0 heterocycles. The van der Waals surface area contributed by atoms with Gasteiger partial charge in [-0.25, -0.2) is 4.79 Å². The number of methoxy groups -OCH3 is 3. The molecule has 140 valence electrons. The smallest absolute Gasteiger partial charge is 0.319 e. The van der Waals surface area contributed by atoms with E-state index in [1.807, 2.05) is 37.3 Å². The molecule has 2 N–H and O–H groups in total. The third kappa shape index (κ3) is 5.05. The zero-order valence-corrected chi connectivity index (χ0v) is 16.9. The Hall–Kier alpha value is -2.41. The summed E-state index contributed by atoms with van der Waals surface area (Å²) < 4.78 is 16.7. The second kappa shape index (κ2) is 9.33. The molecule has 2 aromatic rings. The summed E-state index contributed by atoms with van der Waals surface area (Å²) in [5, 5.41) is 5.69. The number of nitrogens with one attached hydrogen (secondary N) is 2. The highest BCUT2D eigenvalue weighted by atomic mass is 79.9. The van der Waals surface area contributed by atoms with Crippen molar-refractivity contribution in [2.45, 2.75) is 13.3 Å². The first-order valence-electron chi connectivity index (χ1n) is 8.08. The standard InChI is InChI=1S/C19H23BrN2O4/c1-12-9-14(20)11-17(26-4)18(12)22-19(23)21-8-7-13-5-6-15(24-2)16(10-13)25-3/h5-6,9-11H,7-8H2,1-4H3,(H2,21,22,23). The number of urea groups is 1. The number of hydrogen-bond acceptors (Lipinski definition) is 4. The Morgan fingerprint density at radius 1 is 1.00 bits per heavy atom. The highest BCUT2D eigenvalue weighted by Crippen LogP contribution is 2.32. The average Bonchev–Trinajstić information content (AvgIpc) is 2.63. The number of ether oxygens (including phenoxy) is 3. The maximum atomic E-state index is 12.2.